The van der Waals surface area contributed by atoms with Crippen molar-refractivity contribution in [2.45, 2.75) is 0 Å². The Morgan fingerprint density at radius 1 is 0.471 bits per heavy atom. The van der Waals surface area contributed by atoms with E-state index in [0.29, 0.717) is 89.9 Å². The Balaban J connectivity index is 0.000000334. The molecule has 0 aliphatic carbocycles. The van der Waals surface area contributed by atoms with Crippen LogP contribution in [-0.2, 0) is 33.0 Å². The molecule has 1 saturated heterocycles. The smallest absolute Gasteiger partial charge is 0.793 e. The van der Waals surface area contributed by atoms with E-state index in [1.54, 1.807) is 60.7 Å². The van der Waals surface area contributed by atoms with Crippen molar-refractivity contribution in [3.8, 4) is 0 Å². The molecule has 0 saturated carbocycles. The Hall–Kier alpha value is 0.0264. The topological polar surface area (TPSA) is 95.5 Å². The van der Waals surface area contributed by atoms with E-state index in [-0.39, 0.29) is 51.4 Å². The zero-order valence-corrected chi connectivity index (χ0v) is 24.0. The van der Waals surface area contributed by atoms with Crippen LogP contribution in [0.5, 0.6) is 0 Å². The van der Waals surface area contributed by atoms with Gasteiger partial charge in [-0.05, 0) is 0 Å². The first-order chi connectivity index (χ1) is 16.2. The van der Waals surface area contributed by atoms with Gasteiger partial charge in [0.25, 0.3) is 0 Å². The maximum absolute atomic E-state index is 12.1. The zero-order valence-electron chi connectivity index (χ0n) is 20.0. The van der Waals surface area contributed by atoms with Gasteiger partial charge in [0.1, 0.15) is 0 Å². The van der Waals surface area contributed by atoms with Crippen molar-refractivity contribution in [2.24, 2.45) is 0 Å². The Labute approximate surface area is 245 Å². The van der Waals surface area contributed by atoms with Crippen LogP contribution in [0.4, 0.5) is 0 Å². The third kappa shape index (κ3) is 14.6. The number of rotatable bonds is 2. The van der Waals surface area contributed by atoms with E-state index in [0.717, 1.165) is 0 Å². The fourth-order valence-corrected chi connectivity index (χ4v) is 4.14. The quantitative estimate of drug-likeness (QED) is 0.345. The Morgan fingerprint density at radius 2 is 0.676 bits per heavy atom. The van der Waals surface area contributed by atoms with Crippen LogP contribution in [0.15, 0.2) is 60.7 Å². The SMILES string of the molecule is C1COCCOCCOCCOCCOCCO1.O=P([O-])(c1ccccc1)c1ccccc1.[K+]. The molecule has 1 aliphatic rings. The largest absolute Gasteiger partial charge is 1.00 e. The van der Waals surface area contributed by atoms with Crippen LogP contribution in [0, 0.1) is 0 Å². The molecule has 2 aromatic carbocycles. The second kappa shape index (κ2) is 21.1. The molecule has 0 bridgehead atoms. The molecule has 1 fully saturated rings. The second-order valence-corrected chi connectivity index (χ2v) is 9.03. The molecule has 2 aromatic rings. The molecule has 34 heavy (non-hydrogen) atoms. The van der Waals surface area contributed by atoms with Crippen LogP contribution in [0.25, 0.3) is 0 Å². The van der Waals surface area contributed by atoms with E-state index < -0.39 is 7.37 Å². The van der Waals surface area contributed by atoms with Crippen molar-refractivity contribution in [3.05, 3.63) is 60.7 Å². The van der Waals surface area contributed by atoms with Gasteiger partial charge in [-0.25, -0.2) is 0 Å². The third-order valence-electron chi connectivity index (χ3n) is 4.42. The predicted molar refractivity (Wildman–Crippen MR) is 125 cm³/mol. The molecular weight excluding hydrogens is 486 g/mol. The molecule has 184 valence electrons. The summed E-state index contributed by atoms with van der Waals surface area (Å²) < 4.78 is 44.0. The summed E-state index contributed by atoms with van der Waals surface area (Å²) in [4.78, 5) is 12.1. The summed E-state index contributed by atoms with van der Waals surface area (Å²) in [5.74, 6) is 0. The van der Waals surface area contributed by atoms with Gasteiger partial charge in [-0.1, -0.05) is 60.7 Å². The van der Waals surface area contributed by atoms with Gasteiger partial charge >= 0.3 is 51.4 Å². The molecule has 0 amide bonds. The van der Waals surface area contributed by atoms with Crippen molar-refractivity contribution in [2.75, 3.05) is 79.3 Å². The van der Waals surface area contributed by atoms with E-state index in [1.165, 1.54) is 0 Å². The number of hydrogen-bond donors (Lipinski definition) is 0. The Morgan fingerprint density at radius 3 is 0.882 bits per heavy atom. The maximum Gasteiger partial charge on any atom is 1.00 e. The van der Waals surface area contributed by atoms with Crippen LogP contribution in [0.1, 0.15) is 0 Å². The van der Waals surface area contributed by atoms with Crippen LogP contribution in [0.3, 0.4) is 0 Å². The standard InChI is InChI=1S/C12H24O6.C12H11O2P.K/c1-2-14-5-6-16-9-10-18-12-11-17-8-7-15-4-3-13-1;13-15(14,11-7-3-1-4-8-11)12-9-5-2-6-10-12;/h1-12H2;1-10H,(H,13,14);/q;;+1/p-1. The van der Waals surface area contributed by atoms with Gasteiger partial charge in [0.15, 0.2) is 0 Å². The first kappa shape index (κ1) is 32.1. The van der Waals surface area contributed by atoms with E-state index in [9.17, 15) is 9.46 Å². The summed E-state index contributed by atoms with van der Waals surface area (Å²) in [6.07, 6.45) is 0. The van der Waals surface area contributed by atoms with Gasteiger partial charge in [0.2, 0.25) is 0 Å². The first-order valence-electron chi connectivity index (χ1n) is 11.1. The normalized spacial score (nSPS) is 17.7. The molecule has 0 aromatic heterocycles. The molecule has 1 aliphatic heterocycles. The summed E-state index contributed by atoms with van der Waals surface area (Å²) >= 11 is 0. The number of hydrogen-bond acceptors (Lipinski definition) is 8. The Bertz CT molecular complexity index is 648. The fourth-order valence-electron chi connectivity index (χ4n) is 2.72. The van der Waals surface area contributed by atoms with Gasteiger partial charge < -0.3 is 37.9 Å². The molecule has 1 heterocycles. The average Bonchev–Trinajstić information content (AvgIpc) is 2.86. The minimum Gasteiger partial charge on any atom is -0.793 e. The van der Waals surface area contributed by atoms with Crippen molar-refractivity contribution in [3.63, 3.8) is 0 Å². The minimum absolute atomic E-state index is 0. The van der Waals surface area contributed by atoms with Crippen LogP contribution in [0.2, 0.25) is 0 Å². The molecule has 0 spiro atoms. The molecule has 3 rings (SSSR count). The summed E-state index contributed by atoms with van der Waals surface area (Å²) in [6.45, 7) is 7.04. The third-order valence-corrected chi connectivity index (χ3v) is 6.38. The molecule has 0 N–H and O–H groups in total. The van der Waals surface area contributed by atoms with Crippen LogP contribution in [-0.4, -0.2) is 79.3 Å². The van der Waals surface area contributed by atoms with E-state index in [1.807, 2.05) is 0 Å². The average molecular weight is 521 g/mol. The van der Waals surface area contributed by atoms with Crippen molar-refractivity contribution < 1.29 is 89.3 Å². The molecular formula is C24H34KO8P. The number of benzene rings is 2. The zero-order chi connectivity index (χ0) is 23.5. The molecule has 0 radical (unpaired) electrons. The summed E-state index contributed by atoms with van der Waals surface area (Å²) in [7, 11) is -3.65. The van der Waals surface area contributed by atoms with Gasteiger partial charge in [-0.3, -0.25) is 0 Å². The van der Waals surface area contributed by atoms with E-state index in [4.69, 9.17) is 28.4 Å². The first-order valence-corrected chi connectivity index (χ1v) is 12.7. The maximum atomic E-state index is 12.1. The Kier molecular flexibility index (Phi) is 19.9. The molecule has 0 atom stereocenters. The molecule has 0 unspecified atom stereocenters. The van der Waals surface area contributed by atoms with Crippen LogP contribution < -0.4 is 66.9 Å². The molecule has 8 nitrogen and oxygen atoms in total. The summed E-state index contributed by atoms with van der Waals surface area (Å²) in [5.41, 5.74) is 0. The van der Waals surface area contributed by atoms with Gasteiger partial charge in [0, 0.05) is 10.6 Å². The minimum atomic E-state index is -3.65. The summed E-state index contributed by atoms with van der Waals surface area (Å²) in [5, 5.41) is 0.715. The van der Waals surface area contributed by atoms with E-state index >= 15 is 0 Å². The monoisotopic (exact) mass is 520 g/mol. The van der Waals surface area contributed by atoms with Crippen LogP contribution >= 0.6 is 7.37 Å². The van der Waals surface area contributed by atoms with Gasteiger partial charge in [-0.15, -0.1) is 0 Å². The summed E-state index contributed by atoms with van der Waals surface area (Å²) in [6, 6.07) is 16.9. The number of ether oxygens (including phenoxy) is 6. The van der Waals surface area contributed by atoms with Crippen molar-refractivity contribution >= 4 is 18.0 Å². The fraction of sp³-hybridized carbons (Fsp3) is 0.500. The van der Waals surface area contributed by atoms with Crippen molar-refractivity contribution in [1.82, 2.24) is 0 Å². The predicted octanol–water partition coefficient (Wildman–Crippen LogP) is -1.62. The van der Waals surface area contributed by atoms with Gasteiger partial charge in [-0.2, -0.15) is 0 Å². The molecule has 10 heteroatoms. The second-order valence-electron chi connectivity index (χ2n) is 6.90. The van der Waals surface area contributed by atoms with Gasteiger partial charge in [0.05, 0.1) is 86.7 Å². The van der Waals surface area contributed by atoms with E-state index in [2.05, 4.69) is 0 Å². The van der Waals surface area contributed by atoms with Crippen molar-refractivity contribution in [1.29, 1.82) is 0 Å².